The summed E-state index contributed by atoms with van der Waals surface area (Å²) in [5, 5.41) is 2.99. The van der Waals surface area contributed by atoms with E-state index < -0.39 is 0 Å². The molecule has 144 valence electrons. The largest absolute Gasteiger partial charge is 0.491 e. The van der Waals surface area contributed by atoms with E-state index >= 15 is 0 Å². The van der Waals surface area contributed by atoms with Crippen LogP contribution in [0.3, 0.4) is 0 Å². The average Bonchev–Trinajstić information content (AvgIpc) is 2.69. The summed E-state index contributed by atoms with van der Waals surface area (Å²) in [7, 11) is 0. The molecule has 1 atom stereocenters. The Kier molecular flexibility index (Phi) is 6.85. The van der Waals surface area contributed by atoms with Crippen LogP contribution >= 0.6 is 0 Å². The van der Waals surface area contributed by atoms with Crippen LogP contribution in [0, 0.1) is 6.92 Å². The zero-order chi connectivity index (χ0) is 19.1. The van der Waals surface area contributed by atoms with Crippen molar-refractivity contribution in [2.24, 2.45) is 0 Å². The topological polar surface area (TPSA) is 50.8 Å². The van der Waals surface area contributed by atoms with Crippen LogP contribution in [0.5, 0.6) is 5.75 Å². The second kappa shape index (κ2) is 9.53. The van der Waals surface area contributed by atoms with Crippen molar-refractivity contribution < 1.29 is 14.3 Å². The van der Waals surface area contributed by atoms with E-state index in [9.17, 15) is 4.79 Å². The van der Waals surface area contributed by atoms with Gasteiger partial charge in [-0.3, -0.25) is 9.69 Å². The molecule has 5 heteroatoms. The summed E-state index contributed by atoms with van der Waals surface area (Å²) in [6.45, 7) is 8.82. The number of benzene rings is 2. The molecule has 1 saturated heterocycles. The highest BCUT2D eigenvalue weighted by Gasteiger charge is 2.13. The molecule has 1 N–H and O–H groups in total. The summed E-state index contributed by atoms with van der Waals surface area (Å²) < 4.78 is 11.1. The number of carbonyl (C=O) groups excluding carboxylic acids is 1. The van der Waals surface area contributed by atoms with E-state index in [2.05, 4.69) is 10.2 Å². The van der Waals surface area contributed by atoms with Gasteiger partial charge in [0.1, 0.15) is 12.4 Å². The zero-order valence-corrected chi connectivity index (χ0v) is 16.1. The Morgan fingerprint density at radius 1 is 1.11 bits per heavy atom. The van der Waals surface area contributed by atoms with Gasteiger partial charge in [0.2, 0.25) is 0 Å². The molecule has 2 aromatic rings. The molecule has 2 aromatic carbocycles. The maximum atomic E-state index is 12.4. The van der Waals surface area contributed by atoms with Crippen molar-refractivity contribution in [3.8, 4) is 5.75 Å². The summed E-state index contributed by atoms with van der Waals surface area (Å²) in [5.41, 5.74) is 3.08. The maximum Gasteiger partial charge on any atom is 0.251 e. The fourth-order valence-electron chi connectivity index (χ4n) is 2.98. The van der Waals surface area contributed by atoms with E-state index in [-0.39, 0.29) is 11.9 Å². The van der Waals surface area contributed by atoms with Gasteiger partial charge in [0, 0.05) is 25.2 Å². The lowest BCUT2D eigenvalue weighted by atomic mass is 10.1. The first-order valence-electron chi connectivity index (χ1n) is 9.49. The SMILES string of the molecule is Cc1ccc(OC[C@@H](C)NC(=O)c2ccc(CN3CCOCC3)cc2)cc1. The van der Waals surface area contributed by atoms with Crippen molar-refractivity contribution in [3.63, 3.8) is 0 Å². The van der Waals surface area contributed by atoms with Crippen LogP contribution in [-0.4, -0.2) is 49.8 Å². The molecule has 0 spiro atoms. The monoisotopic (exact) mass is 368 g/mol. The van der Waals surface area contributed by atoms with Crippen LogP contribution in [0.25, 0.3) is 0 Å². The lowest BCUT2D eigenvalue weighted by Crippen LogP contribution is -2.37. The Hall–Kier alpha value is -2.37. The number of hydrogen-bond donors (Lipinski definition) is 1. The number of morpholine rings is 1. The number of nitrogens with one attached hydrogen (secondary N) is 1. The van der Waals surface area contributed by atoms with Gasteiger partial charge >= 0.3 is 0 Å². The van der Waals surface area contributed by atoms with Crippen LogP contribution in [-0.2, 0) is 11.3 Å². The molecule has 5 nitrogen and oxygen atoms in total. The minimum Gasteiger partial charge on any atom is -0.491 e. The van der Waals surface area contributed by atoms with Crippen LogP contribution in [0.15, 0.2) is 48.5 Å². The minimum atomic E-state index is -0.0770. The third-order valence-electron chi connectivity index (χ3n) is 4.62. The molecule has 1 amide bonds. The molecule has 0 aliphatic carbocycles. The van der Waals surface area contributed by atoms with Gasteiger partial charge in [-0.25, -0.2) is 0 Å². The first-order chi connectivity index (χ1) is 13.1. The maximum absolute atomic E-state index is 12.4. The fourth-order valence-corrected chi connectivity index (χ4v) is 2.98. The molecular weight excluding hydrogens is 340 g/mol. The predicted octanol–water partition coefficient (Wildman–Crippen LogP) is 3.02. The van der Waals surface area contributed by atoms with Crippen LogP contribution < -0.4 is 10.1 Å². The smallest absolute Gasteiger partial charge is 0.251 e. The second-order valence-corrected chi connectivity index (χ2v) is 7.08. The molecule has 1 fully saturated rings. The lowest BCUT2D eigenvalue weighted by Gasteiger charge is -2.26. The molecular formula is C22H28N2O3. The van der Waals surface area contributed by atoms with Crippen molar-refractivity contribution in [3.05, 3.63) is 65.2 Å². The number of hydrogen-bond acceptors (Lipinski definition) is 4. The fraction of sp³-hybridized carbons (Fsp3) is 0.409. The van der Waals surface area contributed by atoms with Gasteiger partial charge in [-0.2, -0.15) is 0 Å². The van der Waals surface area contributed by atoms with Gasteiger partial charge in [0.05, 0.1) is 19.3 Å². The normalized spacial score (nSPS) is 15.9. The van der Waals surface area contributed by atoms with E-state index in [1.807, 2.05) is 62.4 Å². The minimum absolute atomic E-state index is 0.0760. The van der Waals surface area contributed by atoms with E-state index in [0.717, 1.165) is 38.6 Å². The Morgan fingerprint density at radius 2 is 1.78 bits per heavy atom. The van der Waals surface area contributed by atoms with Gasteiger partial charge in [-0.05, 0) is 43.7 Å². The molecule has 27 heavy (non-hydrogen) atoms. The standard InChI is InChI=1S/C22H28N2O3/c1-17-3-9-21(10-4-17)27-16-18(2)23-22(25)20-7-5-19(6-8-20)15-24-11-13-26-14-12-24/h3-10,18H,11-16H2,1-2H3,(H,23,25)/t18-/m1/s1. The quantitative estimate of drug-likeness (QED) is 0.816. The zero-order valence-electron chi connectivity index (χ0n) is 16.1. The molecule has 0 bridgehead atoms. The second-order valence-electron chi connectivity index (χ2n) is 7.08. The number of ether oxygens (including phenoxy) is 2. The van der Waals surface area contributed by atoms with E-state index in [0.29, 0.717) is 12.2 Å². The summed E-state index contributed by atoms with van der Waals surface area (Å²) in [5.74, 6) is 0.738. The summed E-state index contributed by atoms with van der Waals surface area (Å²) in [6, 6.07) is 15.7. The lowest BCUT2D eigenvalue weighted by molar-refractivity contribution is 0.0342. The van der Waals surface area contributed by atoms with Crippen molar-refractivity contribution in [1.82, 2.24) is 10.2 Å². The third kappa shape index (κ3) is 6.08. The van der Waals surface area contributed by atoms with Crippen molar-refractivity contribution in [2.45, 2.75) is 26.4 Å². The molecule has 0 aromatic heterocycles. The van der Waals surface area contributed by atoms with Crippen molar-refractivity contribution in [1.29, 1.82) is 0 Å². The third-order valence-corrected chi connectivity index (χ3v) is 4.62. The van der Waals surface area contributed by atoms with Gasteiger partial charge in [-0.15, -0.1) is 0 Å². The van der Waals surface area contributed by atoms with Gasteiger partial charge in [-0.1, -0.05) is 29.8 Å². The van der Waals surface area contributed by atoms with Crippen LogP contribution in [0.1, 0.15) is 28.4 Å². The van der Waals surface area contributed by atoms with Crippen LogP contribution in [0.2, 0.25) is 0 Å². The Labute approximate surface area is 161 Å². The molecule has 3 rings (SSSR count). The Bertz CT molecular complexity index is 722. The number of carbonyl (C=O) groups is 1. The average molecular weight is 368 g/mol. The molecule has 1 heterocycles. The van der Waals surface area contributed by atoms with Gasteiger partial charge in [0.15, 0.2) is 0 Å². The highest BCUT2D eigenvalue weighted by atomic mass is 16.5. The van der Waals surface area contributed by atoms with E-state index in [4.69, 9.17) is 9.47 Å². The first kappa shape index (κ1) is 19.4. The molecule has 0 radical (unpaired) electrons. The van der Waals surface area contributed by atoms with Crippen molar-refractivity contribution in [2.75, 3.05) is 32.9 Å². The summed E-state index contributed by atoms with van der Waals surface area (Å²) >= 11 is 0. The summed E-state index contributed by atoms with van der Waals surface area (Å²) in [4.78, 5) is 14.8. The Balaban J connectivity index is 1.45. The predicted molar refractivity (Wildman–Crippen MR) is 106 cm³/mol. The van der Waals surface area contributed by atoms with Gasteiger partial charge in [0.25, 0.3) is 5.91 Å². The Morgan fingerprint density at radius 3 is 2.44 bits per heavy atom. The summed E-state index contributed by atoms with van der Waals surface area (Å²) in [6.07, 6.45) is 0. The molecule has 1 aliphatic rings. The number of amides is 1. The molecule has 1 aliphatic heterocycles. The molecule has 0 saturated carbocycles. The van der Waals surface area contributed by atoms with Crippen molar-refractivity contribution >= 4 is 5.91 Å². The van der Waals surface area contributed by atoms with Gasteiger partial charge < -0.3 is 14.8 Å². The molecule has 0 unspecified atom stereocenters. The number of nitrogens with zero attached hydrogens (tertiary/aromatic N) is 1. The van der Waals surface area contributed by atoms with E-state index in [1.54, 1.807) is 0 Å². The highest BCUT2D eigenvalue weighted by Crippen LogP contribution is 2.12. The van der Waals surface area contributed by atoms with E-state index in [1.165, 1.54) is 11.1 Å². The highest BCUT2D eigenvalue weighted by molar-refractivity contribution is 5.94. The number of rotatable bonds is 7. The first-order valence-corrected chi connectivity index (χ1v) is 9.49. The van der Waals surface area contributed by atoms with Crippen LogP contribution in [0.4, 0.5) is 0 Å². The number of aryl methyl sites for hydroxylation is 1.